The van der Waals surface area contributed by atoms with E-state index < -0.39 is 9.84 Å². The summed E-state index contributed by atoms with van der Waals surface area (Å²) in [7, 11) is -3.23. The molecule has 2 aromatic carbocycles. The summed E-state index contributed by atoms with van der Waals surface area (Å²) in [6.45, 7) is 2.68. The van der Waals surface area contributed by atoms with Crippen molar-refractivity contribution in [1.82, 2.24) is 4.90 Å². The van der Waals surface area contributed by atoms with Gasteiger partial charge >= 0.3 is 0 Å². The average Bonchev–Trinajstić information content (AvgIpc) is 2.97. The van der Waals surface area contributed by atoms with E-state index in [1.165, 1.54) is 12.1 Å². The first-order chi connectivity index (χ1) is 12.4. The molecule has 1 fully saturated rings. The molecular weight excluding hydrogens is 355 g/mol. The predicted octanol–water partition coefficient (Wildman–Crippen LogP) is 2.83. The minimum atomic E-state index is -3.23. The van der Waals surface area contributed by atoms with E-state index in [9.17, 15) is 17.6 Å². The zero-order valence-electron chi connectivity index (χ0n) is 14.5. The van der Waals surface area contributed by atoms with Crippen LogP contribution < -0.4 is 5.32 Å². The number of nitrogens with zero attached hydrogens (tertiary/aromatic N) is 1. The van der Waals surface area contributed by atoms with E-state index in [2.05, 4.69) is 5.32 Å². The fraction of sp³-hybridized carbons (Fsp3) is 0.316. The highest BCUT2D eigenvalue weighted by Gasteiger charge is 2.31. The summed E-state index contributed by atoms with van der Waals surface area (Å²) in [4.78, 5) is 14.6. The van der Waals surface area contributed by atoms with E-state index >= 15 is 0 Å². The summed E-state index contributed by atoms with van der Waals surface area (Å²) in [5.41, 5.74) is 1.59. The smallest absolute Gasteiger partial charge is 0.245 e. The molecule has 5 nitrogen and oxygen atoms in total. The lowest BCUT2D eigenvalue weighted by molar-refractivity contribution is -0.128. The number of halogens is 1. The van der Waals surface area contributed by atoms with Gasteiger partial charge in [-0.25, -0.2) is 12.8 Å². The minimum absolute atomic E-state index is 0.0143. The number of likely N-dealkylation sites (tertiary alicyclic amines) is 1. The molecule has 1 saturated heterocycles. The summed E-state index contributed by atoms with van der Waals surface area (Å²) in [6.07, 6.45) is 0.662. The second kappa shape index (κ2) is 7.45. The van der Waals surface area contributed by atoms with Crippen LogP contribution in [0.1, 0.15) is 18.9 Å². The number of hydrogen-bond donors (Lipinski definition) is 1. The largest absolute Gasteiger partial charge is 0.374 e. The van der Waals surface area contributed by atoms with Crippen LogP contribution in [0.5, 0.6) is 0 Å². The highest BCUT2D eigenvalue weighted by atomic mass is 32.2. The first kappa shape index (κ1) is 18.4. The molecule has 7 heteroatoms. The van der Waals surface area contributed by atoms with Gasteiger partial charge in [0.1, 0.15) is 11.9 Å². The van der Waals surface area contributed by atoms with Gasteiger partial charge in [-0.2, -0.15) is 0 Å². The molecule has 1 aliphatic heterocycles. The number of carbonyl (C=O) groups excluding carboxylic acids is 1. The van der Waals surface area contributed by atoms with Crippen molar-refractivity contribution >= 4 is 21.4 Å². The maximum atomic E-state index is 13.0. The van der Waals surface area contributed by atoms with Gasteiger partial charge in [-0.15, -0.1) is 0 Å². The molecule has 3 rings (SSSR count). The standard InChI is InChI=1S/C19H21FN2O3S/c1-2-26(24,25)17-9-7-16(8-10-17)21-18-11-12-22(19(18)23)13-14-3-5-15(20)6-4-14/h3-10,18,21H,2,11-13H2,1H3. The van der Waals surface area contributed by atoms with Crippen LogP contribution in [0, 0.1) is 5.82 Å². The first-order valence-electron chi connectivity index (χ1n) is 8.51. The zero-order chi connectivity index (χ0) is 18.7. The van der Waals surface area contributed by atoms with Crippen LogP contribution in [0.4, 0.5) is 10.1 Å². The van der Waals surface area contributed by atoms with Gasteiger partial charge in [-0.05, 0) is 48.4 Å². The van der Waals surface area contributed by atoms with E-state index in [1.54, 1.807) is 48.2 Å². The van der Waals surface area contributed by atoms with E-state index in [1.807, 2.05) is 0 Å². The van der Waals surface area contributed by atoms with E-state index in [4.69, 9.17) is 0 Å². The first-order valence-corrected chi connectivity index (χ1v) is 10.2. The number of sulfone groups is 1. The van der Waals surface area contributed by atoms with Gasteiger partial charge < -0.3 is 10.2 Å². The lowest BCUT2D eigenvalue weighted by atomic mass is 10.2. The number of hydrogen-bond acceptors (Lipinski definition) is 4. The Morgan fingerprint density at radius 2 is 1.77 bits per heavy atom. The van der Waals surface area contributed by atoms with Gasteiger partial charge in [0.25, 0.3) is 0 Å². The van der Waals surface area contributed by atoms with Crippen molar-refractivity contribution in [2.24, 2.45) is 0 Å². The fourth-order valence-corrected chi connectivity index (χ4v) is 3.85. The second-order valence-corrected chi connectivity index (χ2v) is 8.58. The third kappa shape index (κ3) is 4.04. The number of amides is 1. The van der Waals surface area contributed by atoms with Crippen molar-refractivity contribution in [3.63, 3.8) is 0 Å². The monoisotopic (exact) mass is 376 g/mol. The third-order valence-corrected chi connectivity index (χ3v) is 6.27. The Morgan fingerprint density at radius 1 is 1.12 bits per heavy atom. The fourth-order valence-electron chi connectivity index (χ4n) is 2.97. The molecule has 0 aliphatic carbocycles. The highest BCUT2D eigenvalue weighted by Crippen LogP contribution is 2.21. The van der Waals surface area contributed by atoms with Crippen molar-refractivity contribution in [2.75, 3.05) is 17.6 Å². The van der Waals surface area contributed by atoms with Crippen LogP contribution in [0.3, 0.4) is 0 Å². The van der Waals surface area contributed by atoms with Crippen LogP contribution in [0.25, 0.3) is 0 Å². The van der Waals surface area contributed by atoms with Crippen molar-refractivity contribution < 1.29 is 17.6 Å². The van der Waals surface area contributed by atoms with Crippen LogP contribution in [0.15, 0.2) is 53.4 Å². The number of carbonyl (C=O) groups is 1. The molecule has 1 heterocycles. The maximum Gasteiger partial charge on any atom is 0.245 e. The van der Waals surface area contributed by atoms with Gasteiger partial charge in [0.15, 0.2) is 9.84 Å². The molecule has 0 bridgehead atoms. The molecule has 1 aliphatic rings. The molecule has 1 amide bonds. The van der Waals surface area contributed by atoms with E-state index in [0.29, 0.717) is 25.2 Å². The number of rotatable bonds is 6. The molecule has 2 aromatic rings. The van der Waals surface area contributed by atoms with Crippen molar-refractivity contribution in [2.45, 2.75) is 30.8 Å². The summed E-state index contributed by atoms with van der Waals surface area (Å²) in [5.74, 6) is -0.256. The molecule has 0 spiro atoms. The quantitative estimate of drug-likeness (QED) is 0.842. The molecule has 0 saturated carbocycles. The summed E-state index contributed by atoms with van der Waals surface area (Å²) in [5, 5.41) is 3.17. The molecule has 1 N–H and O–H groups in total. The van der Waals surface area contributed by atoms with Crippen LogP contribution in [0.2, 0.25) is 0 Å². The topological polar surface area (TPSA) is 66.5 Å². The normalized spacial score (nSPS) is 17.5. The van der Waals surface area contributed by atoms with Crippen LogP contribution in [-0.4, -0.2) is 37.6 Å². The van der Waals surface area contributed by atoms with Crippen molar-refractivity contribution in [3.05, 3.63) is 59.9 Å². The summed E-state index contributed by atoms with van der Waals surface area (Å²) >= 11 is 0. The number of benzene rings is 2. The van der Waals surface area contributed by atoms with Crippen LogP contribution in [-0.2, 0) is 21.2 Å². The van der Waals surface area contributed by atoms with Gasteiger partial charge in [0.2, 0.25) is 5.91 Å². The van der Waals surface area contributed by atoms with E-state index in [0.717, 1.165) is 5.56 Å². The lowest BCUT2D eigenvalue weighted by Crippen LogP contribution is -2.33. The Kier molecular flexibility index (Phi) is 5.27. The molecule has 26 heavy (non-hydrogen) atoms. The second-order valence-electron chi connectivity index (χ2n) is 6.30. The van der Waals surface area contributed by atoms with Gasteiger partial charge in [0, 0.05) is 18.8 Å². The highest BCUT2D eigenvalue weighted by molar-refractivity contribution is 7.91. The Morgan fingerprint density at radius 3 is 2.38 bits per heavy atom. The molecule has 1 atom stereocenters. The Balaban J connectivity index is 1.62. The zero-order valence-corrected chi connectivity index (χ0v) is 15.3. The Labute approximate surface area is 152 Å². The van der Waals surface area contributed by atoms with Crippen molar-refractivity contribution in [3.8, 4) is 0 Å². The molecule has 0 aromatic heterocycles. The Bertz CT molecular complexity index is 880. The van der Waals surface area contributed by atoms with Crippen molar-refractivity contribution in [1.29, 1.82) is 0 Å². The Hall–Kier alpha value is -2.41. The third-order valence-electron chi connectivity index (χ3n) is 4.52. The van der Waals surface area contributed by atoms with E-state index in [-0.39, 0.29) is 28.4 Å². The number of anilines is 1. The lowest BCUT2D eigenvalue weighted by Gasteiger charge is -2.18. The SMILES string of the molecule is CCS(=O)(=O)c1ccc(NC2CCN(Cc3ccc(F)cc3)C2=O)cc1. The predicted molar refractivity (Wildman–Crippen MR) is 98.0 cm³/mol. The van der Waals surface area contributed by atoms with Gasteiger partial charge in [-0.3, -0.25) is 4.79 Å². The van der Waals surface area contributed by atoms with Crippen LogP contribution >= 0.6 is 0 Å². The maximum absolute atomic E-state index is 13.0. The van der Waals surface area contributed by atoms with Gasteiger partial charge in [0.05, 0.1) is 10.6 Å². The molecule has 0 radical (unpaired) electrons. The minimum Gasteiger partial charge on any atom is -0.374 e. The molecule has 138 valence electrons. The molecular formula is C19H21FN2O3S. The summed E-state index contributed by atoms with van der Waals surface area (Å²) in [6, 6.07) is 12.2. The number of nitrogens with one attached hydrogen (secondary N) is 1. The van der Waals surface area contributed by atoms with Gasteiger partial charge in [-0.1, -0.05) is 19.1 Å². The average molecular weight is 376 g/mol. The summed E-state index contributed by atoms with van der Waals surface area (Å²) < 4.78 is 36.7. The molecule has 1 unspecified atom stereocenters.